The second kappa shape index (κ2) is 4.35. The summed E-state index contributed by atoms with van der Waals surface area (Å²) in [6.07, 6.45) is -3.96. The molecule has 96 valence electrons. The van der Waals surface area contributed by atoms with Crippen LogP contribution in [0.15, 0.2) is 30.3 Å². The van der Waals surface area contributed by atoms with Crippen molar-refractivity contribution in [1.82, 2.24) is 0 Å². The zero-order chi connectivity index (χ0) is 12.7. The first kappa shape index (κ1) is 11.6. The maximum absolute atomic E-state index is 11.3. The van der Waals surface area contributed by atoms with Gasteiger partial charge in [-0.25, -0.2) is 0 Å². The number of benzene rings is 1. The van der Waals surface area contributed by atoms with E-state index in [1.807, 2.05) is 30.3 Å². The number of esters is 1. The van der Waals surface area contributed by atoms with Gasteiger partial charge in [-0.1, -0.05) is 30.3 Å². The monoisotopic (exact) mass is 250 g/mol. The van der Waals surface area contributed by atoms with Crippen molar-refractivity contribution in [2.75, 3.05) is 0 Å². The van der Waals surface area contributed by atoms with Crippen LogP contribution >= 0.6 is 0 Å². The van der Waals surface area contributed by atoms with Gasteiger partial charge in [-0.3, -0.25) is 4.79 Å². The zero-order valence-electron chi connectivity index (χ0n) is 9.60. The normalized spacial score (nSPS) is 39.2. The van der Waals surface area contributed by atoms with Crippen LogP contribution in [0.25, 0.3) is 0 Å². The van der Waals surface area contributed by atoms with E-state index in [1.165, 1.54) is 0 Å². The molecule has 5 heteroatoms. The number of hydrogen-bond acceptors (Lipinski definition) is 5. The highest BCUT2D eigenvalue weighted by Crippen LogP contribution is 2.39. The Hall–Kier alpha value is -1.43. The Morgan fingerprint density at radius 1 is 1.11 bits per heavy atom. The quantitative estimate of drug-likeness (QED) is 0.695. The summed E-state index contributed by atoms with van der Waals surface area (Å²) >= 11 is 0. The molecule has 5 nitrogen and oxygen atoms in total. The van der Waals surface area contributed by atoms with Gasteiger partial charge in [-0.15, -0.1) is 0 Å². The van der Waals surface area contributed by atoms with Gasteiger partial charge < -0.3 is 19.7 Å². The number of aliphatic hydroxyl groups is 2. The third kappa shape index (κ3) is 1.80. The lowest BCUT2D eigenvalue weighted by atomic mass is 9.97. The van der Waals surface area contributed by atoms with Crippen LogP contribution in [0.5, 0.6) is 0 Å². The highest BCUT2D eigenvalue weighted by molar-refractivity contribution is 5.71. The lowest BCUT2D eigenvalue weighted by Crippen LogP contribution is -2.47. The Morgan fingerprint density at radius 3 is 2.56 bits per heavy atom. The van der Waals surface area contributed by atoms with Crippen molar-refractivity contribution < 1.29 is 24.5 Å². The van der Waals surface area contributed by atoms with E-state index in [0.29, 0.717) is 0 Å². The zero-order valence-corrected chi connectivity index (χ0v) is 9.60. The highest BCUT2D eigenvalue weighted by atomic mass is 16.6. The minimum atomic E-state index is -0.948. The molecule has 0 unspecified atom stereocenters. The van der Waals surface area contributed by atoms with Crippen LogP contribution < -0.4 is 0 Å². The van der Waals surface area contributed by atoms with Crippen molar-refractivity contribution in [3.8, 4) is 0 Å². The predicted molar refractivity (Wildman–Crippen MR) is 60.6 cm³/mol. The average molecular weight is 250 g/mol. The van der Waals surface area contributed by atoms with E-state index < -0.39 is 36.5 Å². The first-order chi connectivity index (χ1) is 8.66. The molecule has 0 spiro atoms. The van der Waals surface area contributed by atoms with Crippen LogP contribution in [0.4, 0.5) is 0 Å². The molecule has 0 amide bonds. The predicted octanol–water partition coefficient (Wildman–Crippen LogP) is 0.164. The highest BCUT2D eigenvalue weighted by Gasteiger charge is 2.52. The summed E-state index contributed by atoms with van der Waals surface area (Å²) < 4.78 is 10.7. The minimum absolute atomic E-state index is 0.0879. The second-order valence-corrected chi connectivity index (χ2v) is 4.65. The van der Waals surface area contributed by atoms with Crippen LogP contribution in [-0.2, 0) is 14.3 Å². The van der Waals surface area contributed by atoms with E-state index in [9.17, 15) is 15.0 Å². The van der Waals surface area contributed by atoms with Gasteiger partial charge in [0.25, 0.3) is 0 Å². The van der Waals surface area contributed by atoms with Gasteiger partial charge in [-0.05, 0) is 5.56 Å². The third-order valence-corrected chi connectivity index (χ3v) is 3.43. The van der Waals surface area contributed by atoms with E-state index in [-0.39, 0.29) is 6.42 Å². The summed E-state index contributed by atoms with van der Waals surface area (Å²) in [4.78, 5) is 11.3. The van der Waals surface area contributed by atoms with Crippen molar-refractivity contribution in [1.29, 1.82) is 0 Å². The fraction of sp³-hybridized carbons (Fsp3) is 0.462. The van der Waals surface area contributed by atoms with Gasteiger partial charge >= 0.3 is 5.97 Å². The van der Waals surface area contributed by atoms with Gasteiger partial charge in [0.15, 0.2) is 6.10 Å². The Bertz CT molecular complexity index is 446. The molecule has 0 saturated carbocycles. The molecule has 2 aliphatic rings. The summed E-state index contributed by atoms with van der Waals surface area (Å²) in [6.45, 7) is 0. The van der Waals surface area contributed by atoms with E-state index in [4.69, 9.17) is 9.47 Å². The molecular weight excluding hydrogens is 236 g/mol. The summed E-state index contributed by atoms with van der Waals surface area (Å²) in [6, 6.07) is 9.22. The maximum Gasteiger partial charge on any atom is 0.308 e. The first-order valence-corrected chi connectivity index (χ1v) is 5.93. The smallest absolute Gasteiger partial charge is 0.308 e. The average Bonchev–Trinajstić information content (AvgIpc) is 2.69. The molecule has 0 bridgehead atoms. The van der Waals surface area contributed by atoms with Crippen molar-refractivity contribution in [3.05, 3.63) is 35.9 Å². The van der Waals surface area contributed by atoms with Gasteiger partial charge in [0.05, 0.1) is 12.5 Å². The molecule has 2 saturated heterocycles. The molecule has 1 aromatic carbocycles. The van der Waals surface area contributed by atoms with Gasteiger partial charge in [0.2, 0.25) is 0 Å². The summed E-state index contributed by atoms with van der Waals surface area (Å²) in [7, 11) is 0. The molecule has 18 heavy (non-hydrogen) atoms. The summed E-state index contributed by atoms with van der Waals surface area (Å²) in [5.41, 5.74) is 0.808. The standard InChI is InChI=1S/C13H14O5/c14-8-6-9(15)17-13-10(16)11(18-12(8)13)7-4-2-1-3-5-7/h1-5,8,10-14,16H,6H2/t8-,10+,11+,12-,13-/m0/s1. The van der Waals surface area contributed by atoms with E-state index in [1.54, 1.807) is 0 Å². The molecular formula is C13H14O5. The van der Waals surface area contributed by atoms with Crippen LogP contribution in [0.1, 0.15) is 18.1 Å². The van der Waals surface area contributed by atoms with Gasteiger partial charge in [-0.2, -0.15) is 0 Å². The number of ether oxygens (including phenoxy) is 2. The first-order valence-electron chi connectivity index (χ1n) is 5.93. The Kier molecular flexibility index (Phi) is 2.81. The molecule has 2 fully saturated rings. The van der Waals surface area contributed by atoms with E-state index in [2.05, 4.69) is 0 Å². The lowest BCUT2D eigenvalue weighted by Gasteiger charge is -2.29. The topological polar surface area (TPSA) is 76.0 Å². The van der Waals surface area contributed by atoms with Crippen molar-refractivity contribution in [3.63, 3.8) is 0 Å². The molecule has 2 aliphatic heterocycles. The molecule has 2 N–H and O–H groups in total. The number of rotatable bonds is 1. The van der Waals surface area contributed by atoms with Crippen LogP contribution in [0, 0.1) is 0 Å². The van der Waals surface area contributed by atoms with Gasteiger partial charge in [0, 0.05) is 0 Å². The number of aliphatic hydroxyl groups excluding tert-OH is 2. The number of hydrogen-bond donors (Lipinski definition) is 2. The molecule has 0 aromatic heterocycles. The van der Waals surface area contributed by atoms with Crippen molar-refractivity contribution >= 4 is 5.97 Å². The fourth-order valence-corrected chi connectivity index (χ4v) is 2.55. The summed E-state index contributed by atoms with van der Waals surface area (Å²) in [5.74, 6) is -0.500. The number of fused-ring (bicyclic) bond motifs is 1. The maximum atomic E-state index is 11.3. The minimum Gasteiger partial charge on any atom is -0.456 e. The Labute approximate surface area is 104 Å². The molecule has 2 heterocycles. The SMILES string of the molecule is O=C1C[C@H](O)[C@@H]2O[C@H](c3ccccc3)[C@@H](O)[C@@H]2O1. The molecule has 0 radical (unpaired) electrons. The molecule has 3 rings (SSSR count). The molecule has 5 atom stereocenters. The van der Waals surface area contributed by atoms with Crippen LogP contribution in [0.3, 0.4) is 0 Å². The van der Waals surface area contributed by atoms with Gasteiger partial charge in [0.1, 0.15) is 18.3 Å². The van der Waals surface area contributed by atoms with E-state index >= 15 is 0 Å². The Morgan fingerprint density at radius 2 is 1.83 bits per heavy atom. The van der Waals surface area contributed by atoms with Crippen molar-refractivity contribution in [2.45, 2.75) is 36.9 Å². The lowest BCUT2D eigenvalue weighted by molar-refractivity contribution is -0.175. The largest absolute Gasteiger partial charge is 0.456 e. The fourth-order valence-electron chi connectivity index (χ4n) is 2.55. The van der Waals surface area contributed by atoms with Crippen molar-refractivity contribution in [2.24, 2.45) is 0 Å². The van der Waals surface area contributed by atoms with Crippen LogP contribution in [0.2, 0.25) is 0 Å². The molecule has 0 aliphatic carbocycles. The Balaban J connectivity index is 1.86. The van der Waals surface area contributed by atoms with E-state index in [0.717, 1.165) is 5.56 Å². The second-order valence-electron chi connectivity index (χ2n) is 4.65. The number of carbonyl (C=O) groups is 1. The molecule has 1 aromatic rings. The van der Waals surface area contributed by atoms with Crippen LogP contribution in [-0.4, -0.2) is 40.6 Å². The summed E-state index contributed by atoms with van der Waals surface area (Å²) in [5, 5.41) is 20.0. The third-order valence-electron chi connectivity index (χ3n) is 3.43. The number of carbonyl (C=O) groups excluding carboxylic acids is 1.